The highest BCUT2D eigenvalue weighted by molar-refractivity contribution is 14.1. The van der Waals surface area contributed by atoms with Crippen LogP contribution in [0.15, 0.2) is 0 Å². The highest BCUT2D eigenvalue weighted by atomic mass is 127. The standard InChI is InChI=1S/C15H27I/c1-15(2)10-8-13(14(16)9-11-15)12-6-4-3-5-7-12/h12-14H,3-11H2,1-2H3. The Labute approximate surface area is 115 Å². The number of halogens is 1. The summed E-state index contributed by atoms with van der Waals surface area (Å²) in [6, 6.07) is 0. The maximum absolute atomic E-state index is 2.76. The fourth-order valence-electron chi connectivity index (χ4n) is 3.70. The molecule has 0 heterocycles. The van der Waals surface area contributed by atoms with Gasteiger partial charge in [-0.05, 0) is 42.9 Å². The van der Waals surface area contributed by atoms with Crippen LogP contribution in [0.5, 0.6) is 0 Å². The lowest BCUT2D eigenvalue weighted by Crippen LogP contribution is -2.24. The van der Waals surface area contributed by atoms with Crippen molar-refractivity contribution in [3.05, 3.63) is 0 Å². The van der Waals surface area contributed by atoms with Gasteiger partial charge in [-0.25, -0.2) is 0 Å². The van der Waals surface area contributed by atoms with Gasteiger partial charge >= 0.3 is 0 Å². The Morgan fingerprint density at radius 3 is 2.19 bits per heavy atom. The average Bonchev–Trinajstić information content (AvgIpc) is 2.40. The average molecular weight is 334 g/mol. The summed E-state index contributed by atoms with van der Waals surface area (Å²) in [5.74, 6) is 2.12. The van der Waals surface area contributed by atoms with Crippen LogP contribution in [0.4, 0.5) is 0 Å². The normalized spacial score (nSPS) is 36.9. The van der Waals surface area contributed by atoms with Crippen molar-refractivity contribution < 1.29 is 0 Å². The third kappa shape index (κ3) is 3.36. The lowest BCUT2D eigenvalue weighted by atomic mass is 9.76. The Kier molecular flexibility index (Phi) is 4.59. The summed E-state index contributed by atoms with van der Waals surface area (Å²) in [4.78, 5) is 0. The van der Waals surface area contributed by atoms with Crippen LogP contribution >= 0.6 is 22.6 Å². The molecule has 2 atom stereocenters. The predicted molar refractivity (Wildman–Crippen MR) is 80.1 cm³/mol. The van der Waals surface area contributed by atoms with Crippen molar-refractivity contribution in [2.24, 2.45) is 17.3 Å². The smallest absolute Gasteiger partial charge is 0.0141 e. The quantitative estimate of drug-likeness (QED) is 0.333. The Hall–Kier alpha value is 0.730. The van der Waals surface area contributed by atoms with E-state index >= 15 is 0 Å². The van der Waals surface area contributed by atoms with Gasteiger partial charge in [0.05, 0.1) is 0 Å². The molecule has 2 aliphatic rings. The van der Waals surface area contributed by atoms with E-state index < -0.39 is 0 Å². The molecule has 2 aliphatic carbocycles. The molecule has 2 unspecified atom stereocenters. The van der Waals surface area contributed by atoms with Gasteiger partial charge in [-0.1, -0.05) is 68.5 Å². The first-order chi connectivity index (χ1) is 7.58. The lowest BCUT2D eigenvalue weighted by molar-refractivity contribution is 0.226. The lowest BCUT2D eigenvalue weighted by Gasteiger charge is -2.32. The molecule has 0 nitrogen and oxygen atoms in total. The van der Waals surface area contributed by atoms with Crippen LogP contribution in [0.3, 0.4) is 0 Å². The summed E-state index contributed by atoms with van der Waals surface area (Å²) < 4.78 is 0.961. The number of rotatable bonds is 1. The van der Waals surface area contributed by atoms with Gasteiger partial charge in [0.1, 0.15) is 0 Å². The second-order valence-corrected chi connectivity index (χ2v) is 8.42. The Balaban J connectivity index is 1.97. The Morgan fingerprint density at radius 1 is 0.875 bits per heavy atom. The van der Waals surface area contributed by atoms with Crippen molar-refractivity contribution in [3.63, 3.8) is 0 Å². The third-order valence-electron chi connectivity index (χ3n) is 4.97. The van der Waals surface area contributed by atoms with Crippen molar-refractivity contribution in [1.29, 1.82) is 0 Å². The molecule has 0 aliphatic heterocycles. The molecular weight excluding hydrogens is 307 g/mol. The maximum Gasteiger partial charge on any atom is 0.0141 e. The van der Waals surface area contributed by atoms with Gasteiger partial charge < -0.3 is 0 Å². The molecule has 0 spiro atoms. The Bertz CT molecular complexity index is 215. The first kappa shape index (κ1) is 13.2. The molecule has 2 rings (SSSR count). The van der Waals surface area contributed by atoms with E-state index in [4.69, 9.17) is 0 Å². The number of hydrogen-bond donors (Lipinski definition) is 0. The summed E-state index contributed by atoms with van der Waals surface area (Å²) >= 11 is 2.76. The summed E-state index contributed by atoms with van der Waals surface area (Å²) in [6.07, 6.45) is 13.5. The summed E-state index contributed by atoms with van der Waals surface area (Å²) in [6.45, 7) is 4.94. The molecule has 0 aromatic rings. The molecule has 0 N–H and O–H groups in total. The topological polar surface area (TPSA) is 0 Å². The van der Waals surface area contributed by atoms with Crippen molar-refractivity contribution in [1.82, 2.24) is 0 Å². The molecule has 2 fully saturated rings. The molecule has 0 aromatic heterocycles. The molecule has 0 aromatic carbocycles. The molecule has 94 valence electrons. The van der Waals surface area contributed by atoms with Crippen LogP contribution in [-0.4, -0.2) is 3.92 Å². The van der Waals surface area contributed by atoms with Gasteiger partial charge in [0.25, 0.3) is 0 Å². The zero-order valence-corrected chi connectivity index (χ0v) is 13.1. The molecule has 0 amide bonds. The van der Waals surface area contributed by atoms with Crippen molar-refractivity contribution in [2.45, 2.75) is 75.6 Å². The summed E-state index contributed by atoms with van der Waals surface area (Å²) in [7, 11) is 0. The van der Waals surface area contributed by atoms with E-state index in [1.165, 1.54) is 57.8 Å². The van der Waals surface area contributed by atoms with Gasteiger partial charge in [-0.3, -0.25) is 0 Å². The highest BCUT2D eigenvalue weighted by Crippen LogP contribution is 2.45. The van der Waals surface area contributed by atoms with Gasteiger partial charge in [-0.2, -0.15) is 0 Å². The van der Waals surface area contributed by atoms with E-state index in [-0.39, 0.29) is 0 Å². The number of alkyl halides is 1. The molecule has 1 heteroatoms. The van der Waals surface area contributed by atoms with E-state index in [0.717, 1.165) is 15.8 Å². The van der Waals surface area contributed by atoms with Gasteiger partial charge in [-0.15, -0.1) is 0 Å². The highest BCUT2D eigenvalue weighted by Gasteiger charge is 2.34. The first-order valence-electron chi connectivity index (χ1n) is 7.22. The first-order valence-corrected chi connectivity index (χ1v) is 8.47. The molecule has 0 bridgehead atoms. The fourth-order valence-corrected chi connectivity index (χ4v) is 4.96. The second-order valence-electron chi connectivity index (χ2n) is 6.82. The van der Waals surface area contributed by atoms with Crippen molar-refractivity contribution in [2.75, 3.05) is 0 Å². The fraction of sp³-hybridized carbons (Fsp3) is 1.00. The maximum atomic E-state index is 2.76. The minimum Gasteiger partial charge on any atom is -0.0823 e. The zero-order valence-electron chi connectivity index (χ0n) is 11.0. The molecule has 0 radical (unpaired) electrons. The molecule has 16 heavy (non-hydrogen) atoms. The van der Waals surface area contributed by atoms with E-state index in [1.807, 2.05) is 0 Å². The number of hydrogen-bond acceptors (Lipinski definition) is 0. The predicted octanol–water partition coefficient (Wildman–Crippen LogP) is 5.59. The molecule has 0 saturated heterocycles. The van der Waals surface area contributed by atoms with Gasteiger partial charge in [0.15, 0.2) is 0 Å². The Morgan fingerprint density at radius 2 is 1.50 bits per heavy atom. The summed E-state index contributed by atoms with van der Waals surface area (Å²) in [5.41, 5.74) is 0.618. The molecule has 2 saturated carbocycles. The second kappa shape index (κ2) is 5.58. The minimum atomic E-state index is 0.618. The van der Waals surface area contributed by atoms with Crippen molar-refractivity contribution in [3.8, 4) is 0 Å². The SMILES string of the molecule is CC1(C)CCC(I)C(C2CCCCC2)CC1. The largest absolute Gasteiger partial charge is 0.0823 e. The van der Waals surface area contributed by atoms with Crippen LogP contribution < -0.4 is 0 Å². The van der Waals surface area contributed by atoms with E-state index in [2.05, 4.69) is 36.4 Å². The summed E-state index contributed by atoms with van der Waals surface area (Å²) in [5, 5.41) is 0. The zero-order chi connectivity index (χ0) is 11.6. The van der Waals surface area contributed by atoms with Crippen LogP contribution in [0.1, 0.15) is 71.6 Å². The van der Waals surface area contributed by atoms with Crippen LogP contribution in [-0.2, 0) is 0 Å². The minimum absolute atomic E-state index is 0.618. The van der Waals surface area contributed by atoms with E-state index in [0.29, 0.717) is 5.41 Å². The van der Waals surface area contributed by atoms with Crippen LogP contribution in [0.25, 0.3) is 0 Å². The van der Waals surface area contributed by atoms with Crippen LogP contribution in [0.2, 0.25) is 0 Å². The van der Waals surface area contributed by atoms with Gasteiger partial charge in [0.2, 0.25) is 0 Å². The van der Waals surface area contributed by atoms with Crippen LogP contribution in [0, 0.1) is 17.3 Å². The van der Waals surface area contributed by atoms with Crippen molar-refractivity contribution >= 4 is 22.6 Å². The third-order valence-corrected chi connectivity index (χ3v) is 6.52. The van der Waals surface area contributed by atoms with E-state index in [9.17, 15) is 0 Å². The van der Waals surface area contributed by atoms with Gasteiger partial charge in [0, 0.05) is 3.92 Å². The molecular formula is C15H27I. The monoisotopic (exact) mass is 334 g/mol. The van der Waals surface area contributed by atoms with E-state index in [1.54, 1.807) is 0 Å².